The van der Waals surface area contributed by atoms with Crippen molar-refractivity contribution < 1.29 is 8.42 Å². The average Bonchev–Trinajstić information content (AvgIpc) is 2.48. The van der Waals surface area contributed by atoms with E-state index in [2.05, 4.69) is 18.2 Å². The van der Waals surface area contributed by atoms with Crippen molar-refractivity contribution in [2.75, 3.05) is 26.7 Å². The van der Waals surface area contributed by atoms with E-state index < -0.39 is 10.0 Å². The fourth-order valence-electron chi connectivity index (χ4n) is 1.94. The number of nitrogens with zero attached hydrogens (tertiary/aromatic N) is 1. The Balaban J connectivity index is 2.60. The smallest absolute Gasteiger partial charge is 0.243 e. The van der Waals surface area contributed by atoms with Gasteiger partial charge in [0.25, 0.3) is 0 Å². The fourth-order valence-corrected chi connectivity index (χ4v) is 3.03. The summed E-state index contributed by atoms with van der Waals surface area (Å²) in [5, 5.41) is 3.35. The summed E-state index contributed by atoms with van der Waals surface area (Å²) in [5.41, 5.74) is 1.15. The van der Waals surface area contributed by atoms with Gasteiger partial charge < -0.3 is 5.32 Å². The molecule has 0 amide bonds. The third-order valence-electron chi connectivity index (χ3n) is 3.19. The largest absolute Gasteiger partial charge is 0.317 e. The molecule has 4 nitrogen and oxygen atoms in total. The minimum Gasteiger partial charge on any atom is -0.317 e. The molecule has 0 aliphatic rings. The Morgan fingerprint density at radius 1 is 1.24 bits per heavy atom. The normalized spacial score (nSPS) is 11.5. The highest BCUT2D eigenvalue weighted by molar-refractivity contribution is 7.89. The van der Waals surface area contributed by atoms with Gasteiger partial charge >= 0.3 is 0 Å². The molecule has 0 aliphatic carbocycles. The van der Waals surface area contributed by atoms with E-state index >= 15 is 0 Å². The molecule has 0 saturated carbocycles. The Morgan fingerprint density at radius 2 is 1.90 bits per heavy atom. The van der Waals surface area contributed by atoms with Gasteiger partial charge in [-0.2, -0.15) is 4.31 Å². The maximum atomic E-state index is 12.2. The molecular weight excluding hydrogens is 284 g/mol. The van der Waals surface area contributed by atoms with E-state index in [4.69, 9.17) is 6.42 Å². The Labute approximate surface area is 128 Å². The molecule has 0 unspecified atom stereocenters. The summed E-state index contributed by atoms with van der Waals surface area (Å²) >= 11 is 0. The van der Waals surface area contributed by atoms with E-state index in [1.54, 1.807) is 12.1 Å². The molecular formula is C16H24N2O2S. The van der Waals surface area contributed by atoms with Crippen LogP contribution in [0.4, 0.5) is 0 Å². The lowest BCUT2D eigenvalue weighted by Gasteiger charge is -2.14. The summed E-state index contributed by atoms with van der Waals surface area (Å²) in [7, 11) is -1.98. The van der Waals surface area contributed by atoms with Crippen molar-refractivity contribution in [2.45, 2.75) is 31.1 Å². The molecule has 0 aromatic heterocycles. The SMILES string of the molecule is C#CCN(C)S(=O)(=O)c1ccc(CCCNCCC)cc1. The molecule has 0 fully saturated rings. The molecule has 5 heteroatoms. The highest BCUT2D eigenvalue weighted by atomic mass is 32.2. The van der Waals surface area contributed by atoms with Crippen LogP contribution in [0.3, 0.4) is 0 Å². The zero-order valence-electron chi connectivity index (χ0n) is 12.8. The lowest BCUT2D eigenvalue weighted by atomic mass is 10.1. The Hall–Kier alpha value is -1.35. The van der Waals surface area contributed by atoms with Crippen molar-refractivity contribution >= 4 is 10.0 Å². The van der Waals surface area contributed by atoms with Gasteiger partial charge in [-0.15, -0.1) is 6.42 Å². The summed E-state index contributed by atoms with van der Waals surface area (Å²) in [6, 6.07) is 7.04. The van der Waals surface area contributed by atoms with E-state index in [1.165, 1.54) is 11.4 Å². The highest BCUT2D eigenvalue weighted by Crippen LogP contribution is 2.15. The van der Waals surface area contributed by atoms with Crippen molar-refractivity contribution in [1.82, 2.24) is 9.62 Å². The maximum absolute atomic E-state index is 12.2. The van der Waals surface area contributed by atoms with Crippen LogP contribution in [0.15, 0.2) is 29.2 Å². The van der Waals surface area contributed by atoms with E-state index in [9.17, 15) is 8.42 Å². The van der Waals surface area contributed by atoms with Crippen molar-refractivity contribution in [1.29, 1.82) is 0 Å². The van der Waals surface area contributed by atoms with Crippen molar-refractivity contribution in [2.24, 2.45) is 0 Å². The summed E-state index contributed by atoms with van der Waals surface area (Å²) in [4.78, 5) is 0.285. The molecule has 0 heterocycles. The van der Waals surface area contributed by atoms with Crippen LogP contribution in [-0.4, -0.2) is 39.4 Å². The van der Waals surface area contributed by atoms with E-state index in [0.29, 0.717) is 0 Å². The molecule has 0 spiro atoms. The zero-order chi connectivity index (χ0) is 15.7. The zero-order valence-corrected chi connectivity index (χ0v) is 13.6. The molecule has 0 atom stereocenters. The maximum Gasteiger partial charge on any atom is 0.243 e. The van der Waals surface area contributed by atoms with Crippen LogP contribution < -0.4 is 5.32 Å². The molecule has 1 aromatic rings. The Kier molecular flexibility index (Phi) is 7.44. The van der Waals surface area contributed by atoms with Gasteiger partial charge in [-0.1, -0.05) is 25.0 Å². The minimum atomic E-state index is -3.47. The monoisotopic (exact) mass is 308 g/mol. The lowest BCUT2D eigenvalue weighted by molar-refractivity contribution is 0.503. The number of hydrogen-bond donors (Lipinski definition) is 1. The van der Waals surface area contributed by atoms with Crippen LogP contribution in [-0.2, 0) is 16.4 Å². The topological polar surface area (TPSA) is 49.4 Å². The molecule has 21 heavy (non-hydrogen) atoms. The van der Waals surface area contributed by atoms with Gasteiger partial charge in [0, 0.05) is 7.05 Å². The molecule has 0 bridgehead atoms. The predicted octanol–water partition coefficient (Wildman–Crippen LogP) is 1.87. The van der Waals surface area contributed by atoms with Crippen LogP contribution in [0.1, 0.15) is 25.3 Å². The number of aryl methyl sites for hydroxylation is 1. The lowest BCUT2D eigenvalue weighted by Crippen LogP contribution is -2.27. The summed E-state index contributed by atoms with van der Waals surface area (Å²) in [6.45, 7) is 4.24. The molecule has 0 aliphatic heterocycles. The van der Waals surface area contributed by atoms with Gasteiger partial charge in [0.1, 0.15) is 0 Å². The first-order chi connectivity index (χ1) is 10.0. The van der Waals surface area contributed by atoms with Crippen molar-refractivity contribution in [3.05, 3.63) is 29.8 Å². The minimum absolute atomic E-state index is 0.0766. The van der Waals surface area contributed by atoms with Gasteiger partial charge in [-0.05, 0) is 50.0 Å². The fraction of sp³-hybridized carbons (Fsp3) is 0.500. The van der Waals surface area contributed by atoms with Crippen LogP contribution in [0.2, 0.25) is 0 Å². The first kappa shape index (κ1) is 17.7. The second-order valence-electron chi connectivity index (χ2n) is 4.96. The number of benzene rings is 1. The second kappa shape index (κ2) is 8.83. The average molecular weight is 308 g/mol. The van der Waals surface area contributed by atoms with Crippen molar-refractivity contribution in [3.8, 4) is 12.3 Å². The summed E-state index contributed by atoms with van der Waals surface area (Å²) < 4.78 is 25.5. The number of rotatable bonds is 9. The van der Waals surface area contributed by atoms with Crippen LogP contribution in [0.25, 0.3) is 0 Å². The third-order valence-corrected chi connectivity index (χ3v) is 5.01. The van der Waals surface area contributed by atoms with Gasteiger partial charge in [0.05, 0.1) is 11.4 Å². The highest BCUT2D eigenvalue weighted by Gasteiger charge is 2.19. The van der Waals surface area contributed by atoms with Crippen molar-refractivity contribution in [3.63, 3.8) is 0 Å². The van der Waals surface area contributed by atoms with E-state index in [-0.39, 0.29) is 11.4 Å². The number of terminal acetylenes is 1. The summed E-state index contributed by atoms with van der Waals surface area (Å²) in [6.07, 6.45) is 8.28. The molecule has 0 radical (unpaired) electrons. The number of hydrogen-bond acceptors (Lipinski definition) is 3. The number of sulfonamides is 1. The second-order valence-corrected chi connectivity index (χ2v) is 7.01. The standard InChI is InChI=1S/C16H24N2O2S/c1-4-12-17-13-6-7-15-8-10-16(11-9-15)21(19,20)18(3)14-5-2/h2,8-11,17H,4,6-7,12-14H2,1,3H3. The van der Waals surface area contributed by atoms with Gasteiger partial charge in [0.2, 0.25) is 10.0 Å². The third kappa shape index (κ3) is 5.50. The quantitative estimate of drug-likeness (QED) is 0.560. The molecule has 1 aromatic carbocycles. The predicted molar refractivity (Wildman–Crippen MR) is 86.6 cm³/mol. The van der Waals surface area contributed by atoms with Gasteiger partial charge in [-0.25, -0.2) is 8.42 Å². The molecule has 0 saturated heterocycles. The van der Waals surface area contributed by atoms with Crippen LogP contribution >= 0.6 is 0 Å². The van der Waals surface area contributed by atoms with E-state index in [0.717, 1.165) is 37.9 Å². The first-order valence-corrected chi connectivity index (χ1v) is 8.65. The Bertz CT molecular complexity index is 559. The van der Waals surface area contributed by atoms with E-state index in [1.807, 2.05) is 12.1 Å². The van der Waals surface area contributed by atoms with Crippen LogP contribution in [0, 0.1) is 12.3 Å². The molecule has 116 valence electrons. The summed E-state index contributed by atoms with van der Waals surface area (Å²) in [5.74, 6) is 2.34. The van der Waals surface area contributed by atoms with Gasteiger partial charge in [0.15, 0.2) is 0 Å². The number of nitrogens with one attached hydrogen (secondary N) is 1. The first-order valence-electron chi connectivity index (χ1n) is 7.21. The van der Waals surface area contributed by atoms with Crippen LogP contribution in [0.5, 0.6) is 0 Å². The Morgan fingerprint density at radius 3 is 2.48 bits per heavy atom. The molecule has 1 rings (SSSR count). The molecule has 1 N–H and O–H groups in total. The van der Waals surface area contributed by atoms with Gasteiger partial charge in [-0.3, -0.25) is 0 Å².